The van der Waals surface area contributed by atoms with Gasteiger partial charge in [0.1, 0.15) is 54.3 Å². The van der Waals surface area contributed by atoms with Crippen LogP contribution in [0.4, 0.5) is 11.6 Å². The van der Waals surface area contributed by atoms with Crippen LogP contribution in [0.1, 0.15) is 37.3 Å². The second kappa shape index (κ2) is 19.2. The molecule has 2 fully saturated rings. The molecule has 5 heterocycles. The van der Waals surface area contributed by atoms with Crippen LogP contribution in [0.3, 0.4) is 0 Å². The summed E-state index contributed by atoms with van der Waals surface area (Å²) in [5, 5.41) is 12.1. The minimum atomic E-state index is -5.23. The number of allylic oxidation sites excluding steroid dienone is 1. The fourth-order valence-corrected chi connectivity index (χ4v) is 8.17. The predicted octanol–water partition coefficient (Wildman–Crippen LogP) is 1.01. The second-order valence-corrected chi connectivity index (χ2v) is 16.9. The van der Waals surface area contributed by atoms with Crippen LogP contribution in [0, 0.1) is 0 Å². The van der Waals surface area contributed by atoms with Crippen LogP contribution in [-0.2, 0) is 52.9 Å². The van der Waals surface area contributed by atoms with Gasteiger partial charge < -0.3 is 50.4 Å². The first kappa shape index (κ1) is 45.8. The standard InChI is InChI=1S/C34H42ClN9O15P2/c1-3-4-8-25(45)42(2)20(12-18-6-5-7-19(35)11-18)33(47)58-29-23(57-32(28(29)46)44-17-40-27-30(37)38-16-39-31(27)44)15-55-61(52,53)59-21-13-26(43-10-9-24(36)41-34(43)48)56-22(21)14-54-60(49,50)51/h3,5-7,9-11,16-17,20-23,26,28-29,32,46H,1,4,8,12-15H2,2H3,(H,52,53)(H2,36,41,48)(H2,37,38,39)(H2,49,50,51)/t20?,21-,22-,23+,26+,28+,29+,32+/m0/s1. The van der Waals surface area contributed by atoms with E-state index in [-0.39, 0.29) is 42.1 Å². The molecule has 0 radical (unpaired) electrons. The molecule has 4 aromatic rings. The molecule has 2 saturated heterocycles. The number of rotatable bonds is 18. The second-order valence-electron chi connectivity index (χ2n) is 13.8. The lowest BCUT2D eigenvalue weighted by Gasteiger charge is -2.30. The summed E-state index contributed by atoms with van der Waals surface area (Å²) in [7, 11) is -8.90. The van der Waals surface area contributed by atoms with Gasteiger partial charge in [-0.15, -0.1) is 6.58 Å². The van der Waals surface area contributed by atoms with E-state index < -0.39 is 95.4 Å². The first-order chi connectivity index (χ1) is 28.8. The van der Waals surface area contributed by atoms with Gasteiger partial charge in [-0.2, -0.15) is 4.98 Å². The average molecular weight is 914 g/mol. The predicted molar refractivity (Wildman–Crippen MR) is 211 cm³/mol. The van der Waals surface area contributed by atoms with Gasteiger partial charge in [-0.05, 0) is 30.2 Å². The van der Waals surface area contributed by atoms with Gasteiger partial charge in [0, 0.05) is 37.5 Å². The van der Waals surface area contributed by atoms with E-state index in [0.717, 1.165) is 10.9 Å². The highest BCUT2D eigenvalue weighted by Gasteiger charge is 2.50. The summed E-state index contributed by atoms with van der Waals surface area (Å²) >= 11 is 6.21. The number of phosphoric acid groups is 2. The number of hydrogen-bond acceptors (Lipinski definition) is 18. The largest absolute Gasteiger partial charge is 0.472 e. The lowest BCUT2D eigenvalue weighted by Crippen LogP contribution is -2.48. The number of carbonyl (C=O) groups is 2. The monoisotopic (exact) mass is 913 g/mol. The number of amides is 1. The highest BCUT2D eigenvalue weighted by atomic mass is 35.5. The lowest BCUT2D eigenvalue weighted by atomic mass is 10.0. The summed E-state index contributed by atoms with van der Waals surface area (Å²) in [5.41, 5.74) is 11.5. The van der Waals surface area contributed by atoms with Crippen molar-refractivity contribution in [3.05, 3.63) is 82.9 Å². The maximum Gasteiger partial charge on any atom is 0.472 e. The number of phosphoric ester groups is 2. The number of ether oxygens (including phenoxy) is 3. The number of carbonyl (C=O) groups excluding carboxylic acids is 2. The van der Waals surface area contributed by atoms with E-state index in [0.29, 0.717) is 17.0 Å². The van der Waals surface area contributed by atoms with E-state index in [1.54, 1.807) is 30.3 Å². The molecule has 0 saturated carbocycles. The maximum atomic E-state index is 14.2. The molecule has 0 spiro atoms. The number of anilines is 2. The molecule has 1 aromatic carbocycles. The van der Waals surface area contributed by atoms with Crippen LogP contribution in [0.25, 0.3) is 11.2 Å². The number of fused-ring (bicyclic) bond motifs is 1. The van der Waals surface area contributed by atoms with E-state index in [4.69, 9.17) is 46.3 Å². The van der Waals surface area contributed by atoms with Gasteiger partial charge in [0.15, 0.2) is 23.8 Å². The highest BCUT2D eigenvalue weighted by molar-refractivity contribution is 7.47. The minimum Gasteiger partial charge on any atom is -0.455 e. The van der Waals surface area contributed by atoms with Crippen molar-refractivity contribution in [2.75, 3.05) is 31.7 Å². The van der Waals surface area contributed by atoms with Gasteiger partial charge in [0.2, 0.25) is 5.91 Å². The summed E-state index contributed by atoms with van der Waals surface area (Å²) in [5.74, 6) is -1.52. The summed E-state index contributed by atoms with van der Waals surface area (Å²) in [6, 6.07) is 6.58. The van der Waals surface area contributed by atoms with Gasteiger partial charge in [-0.1, -0.05) is 29.8 Å². The van der Waals surface area contributed by atoms with Crippen LogP contribution in [-0.4, -0.2) is 122 Å². The molecule has 24 nitrogen and oxygen atoms in total. The van der Waals surface area contributed by atoms with Crippen molar-refractivity contribution < 1.29 is 66.3 Å². The van der Waals surface area contributed by atoms with Gasteiger partial charge in [-0.3, -0.25) is 27.5 Å². The zero-order valence-electron chi connectivity index (χ0n) is 32.1. The number of nitrogens with zero attached hydrogens (tertiary/aromatic N) is 7. The number of esters is 1. The van der Waals surface area contributed by atoms with Crippen LogP contribution in [0.2, 0.25) is 5.02 Å². The Labute approximate surface area is 350 Å². The molecular weight excluding hydrogens is 872 g/mol. The number of imidazole rings is 1. The molecule has 3 aromatic heterocycles. The third kappa shape index (κ3) is 11.2. The molecule has 8 N–H and O–H groups in total. The molecule has 61 heavy (non-hydrogen) atoms. The van der Waals surface area contributed by atoms with Crippen LogP contribution >= 0.6 is 27.2 Å². The first-order valence-electron chi connectivity index (χ1n) is 18.3. The third-order valence-corrected chi connectivity index (χ3v) is 11.4. The van der Waals surface area contributed by atoms with Crippen molar-refractivity contribution in [3.8, 4) is 0 Å². The molecule has 1 amide bonds. The molecule has 6 rings (SSSR count). The summed E-state index contributed by atoms with van der Waals surface area (Å²) in [4.78, 5) is 86.6. The molecule has 27 heteroatoms. The highest BCUT2D eigenvalue weighted by Crippen LogP contribution is 2.50. The lowest BCUT2D eigenvalue weighted by molar-refractivity contribution is -0.165. The van der Waals surface area contributed by atoms with E-state index in [1.165, 1.54) is 35.1 Å². The van der Waals surface area contributed by atoms with Gasteiger partial charge in [0.25, 0.3) is 0 Å². The molecule has 2 aliphatic heterocycles. The van der Waals surface area contributed by atoms with Crippen LogP contribution in [0.15, 0.2) is 66.6 Å². The number of halogens is 1. The number of benzene rings is 1. The molecule has 2 aliphatic rings. The van der Waals surface area contributed by atoms with Crippen molar-refractivity contribution in [1.82, 2.24) is 34.0 Å². The van der Waals surface area contributed by atoms with E-state index >= 15 is 0 Å². The Morgan fingerprint density at radius 1 is 1.10 bits per heavy atom. The smallest absolute Gasteiger partial charge is 0.455 e. The maximum absolute atomic E-state index is 14.2. The SMILES string of the molecule is C=CCCC(=O)N(C)C(Cc1cccc(Cl)c1)C(=O)O[C@H]1[C@@H](O)[C@H](n2cnc3c(N)ncnc32)O[C@@H]1COP(=O)(O)O[C@H]1C[C@H](n2ccc(N)nc2=O)O[C@H]1COP(=O)(O)O. The molecule has 2 unspecified atom stereocenters. The number of aromatic nitrogens is 6. The Morgan fingerprint density at radius 2 is 1.85 bits per heavy atom. The molecule has 0 bridgehead atoms. The zero-order chi connectivity index (χ0) is 44.2. The van der Waals surface area contributed by atoms with Gasteiger partial charge in [-0.25, -0.2) is 33.7 Å². The molecule has 9 atom stereocenters. The Hall–Kier alpha value is -4.68. The van der Waals surface area contributed by atoms with Crippen molar-refractivity contribution in [3.63, 3.8) is 0 Å². The Balaban J connectivity index is 1.26. The van der Waals surface area contributed by atoms with E-state index in [9.17, 15) is 43.3 Å². The summed E-state index contributed by atoms with van der Waals surface area (Å²) in [6.07, 6.45) is -5.42. The first-order valence-corrected chi connectivity index (χ1v) is 21.7. The zero-order valence-corrected chi connectivity index (χ0v) is 34.6. The summed E-state index contributed by atoms with van der Waals surface area (Å²) in [6.45, 7) is 1.89. The van der Waals surface area contributed by atoms with E-state index in [2.05, 4.69) is 31.0 Å². The number of likely N-dealkylation sites (N-methyl/N-ethyl adjacent to an activating group) is 1. The third-order valence-electron chi connectivity index (χ3n) is 9.66. The molecule has 330 valence electrons. The van der Waals surface area contributed by atoms with Crippen molar-refractivity contribution in [2.45, 2.75) is 74.7 Å². The summed E-state index contributed by atoms with van der Waals surface area (Å²) < 4.78 is 60.4. The number of aliphatic hydroxyl groups is 1. The Morgan fingerprint density at radius 3 is 2.56 bits per heavy atom. The minimum absolute atomic E-state index is 0.00523. The fraction of sp³-hybridized carbons (Fsp3) is 0.441. The van der Waals surface area contributed by atoms with Crippen LogP contribution in [0.5, 0.6) is 0 Å². The average Bonchev–Trinajstić information content (AvgIpc) is 3.89. The number of nitrogens with two attached hydrogens (primary N) is 2. The van der Waals surface area contributed by atoms with Crippen molar-refractivity contribution >= 4 is 61.9 Å². The van der Waals surface area contributed by atoms with Gasteiger partial charge in [0.05, 0.1) is 19.5 Å². The number of nitrogen functional groups attached to an aromatic ring is 2. The quantitative estimate of drug-likeness (QED) is 0.0461. The fourth-order valence-electron chi connectivity index (χ4n) is 6.66. The number of aliphatic hydroxyl groups excluding tert-OH is 1. The van der Waals surface area contributed by atoms with Crippen molar-refractivity contribution in [1.29, 1.82) is 0 Å². The van der Waals surface area contributed by atoms with Crippen molar-refractivity contribution in [2.24, 2.45) is 0 Å². The molecule has 0 aliphatic carbocycles. The Bertz CT molecular complexity index is 2400. The topological polar surface area (TPSA) is 338 Å². The molecular formula is C34H42ClN9O15P2. The normalized spacial score (nSPS) is 24.3. The Kier molecular flexibility index (Phi) is 14.4. The van der Waals surface area contributed by atoms with Gasteiger partial charge >= 0.3 is 27.3 Å². The number of hydrogen-bond donors (Lipinski definition) is 6. The van der Waals surface area contributed by atoms with E-state index in [1.807, 2.05) is 0 Å². The van der Waals surface area contributed by atoms with Crippen LogP contribution < -0.4 is 17.2 Å².